The van der Waals surface area contributed by atoms with Gasteiger partial charge in [-0.1, -0.05) is 0 Å². The third kappa shape index (κ3) is 1.86. The molecule has 0 unspecified atom stereocenters. The Morgan fingerprint density at radius 3 is 2.38 bits per heavy atom. The lowest BCUT2D eigenvalue weighted by atomic mass is 9.78. The summed E-state index contributed by atoms with van der Waals surface area (Å²) in [5, 5.41) is 12.3. The zero-order valence-electron chi connectivity index (χ0n) is 8.40. The number of hydrogen-bond donors (Lipinski definition) is 1. The van der Waals surface area contributed by atoms with Crippen LogP contribution >= 0.6 is 0 Å². The largest absolute Gasteiger partial charge is 0.311 e. The highest BCUT2D eigenvalue weighted by Gasteiger charge is 2.44. The summed E-state index contributed by atoms with van der Waals surface area (Å²) in [5.74, 6) is 0. The molecule has 0 amide bonds. The molecule has 13 heavy (non-hydrogen) atoms. The summed E-state index contributed by atoms with van der Waals surface area (Å²) in [4.78, 5) is 0. The number of nitrogens with one attached hydrogen (secondary N) is 1. The second-order valence-corrected chi connectivity index (χ2v) is 5.10. The quantitative estimate of drug-likeness (QED) is 0.716. The average molecular weight is 178 g/mol. The Kier molecular flexibility index (Phi) is 2.08. The fourth-order valence-corrected chi connectivity index (χ4v) is 2.05. The molecule has 0 atom stereocenters. The van der Waals surface area contributed by atoms with E-state index in [0.29, 0.717) is 11.0 Å². The monoisotopic (exact) mass is 178 g/mol. The topological polar surface area (TPSA) is 35.8 Å². The minimum absolute atomic E-state index is 0.368. The maximum Gasteiger partial charge on any atom is 0.0628 e. The van der Waals surface area contributed by atoms with Crippen LogP contribution in [0.25, 0.3) is 0 Å². The molecule has 1 N–H and O–H groups in total. The fraction of sp³-hybridized carbons (Fsp3) is 0.909. The summed E-state index contributed by atoms with van der Waals surface area (Å²) in [5.41, 5.74) is 0.776. The molecule has 0 bridgehead atoms. The van der Waals surface area contributed by atoms with Gasteiger partial charge in [0.2, 0.25) is 0 Å². The summed E-state index contributed by atoms with van der Waals surface area (Å²) in [6.07, 6.45) is 7.25. The van der Waals surface area contributed by atoms with Gasteiger partial charge in [-0.3, -0.25) is 0 Å². The van der Waals surface area contributed by atoms with Gasteiger partial charge in [-0.2, -0.15) is 5.26 Å². The summed E-state index contributed by atoms with van der Waals surface area (Å²) in [6, 6.07) is 2.30. The predicted octanol–water partition coefficient (Wildman–Crippen LogP) is 2.21. The maximum absolute atomic E-state index is 8.66. The molecule has 0 radical (unpaired) electrons. The first-order valence-electron chi connectivity index (χ1n) is 5.30. The molecule has 0 saturated heterocycles. The highest BCUT2D eigenvalue weighted by atomic mass is 15.0. The van der Waals surface area contributed by atoms with E-state index in [-0.39, 0.29) is 0 Å². The molecule has 0 aromatic carbocycles. The van der Waals surface area contributed by atoms with Crippen LogP contribution in [0.15, 0.2) is 0 Å². The highest BCUT2D eigenvalue weighted by molar-refractivity contribution is 5.03. The Bertz CT molecular complexity index is 231. The molecule has 2 aliphatic carbocycles. The average Bonchev–Trinajstić information content (AvgIpc) is 2.80. The molecule has 2 rings (SSSR count). The van der Waals surface area contributed by atoms with E-state index in [1.165, 1.54) is 32.1 Å². The van der Waals surface area contributed by atoms with E-state index in [4.69, 9.17) is 5.26 Å². The van der Waals surface area contributed by atoms with Crippen LogP contribution in [0.5, 0.6) is 0 Å². The van der Waals surface area contributed by atoms with Crippen LogP contribution in [-0.4, -0.2) is 12.1 Å². The van der Waals surface area contributed by atoms with Gasteiger partial charge >= 0.3 is 0 Å². The minimum atomic E-state index is 0.368. The summed E-state index contributed by atoms with van der Waals surface area (Å²) in [6.45, 7) is 3.37. The SMILES string of the molecule is CC1(NCC2(CC#N)CC2)CCC1. The number of hydrogen-bond acceptors (Lipinski definition) is 2. The molecular weight excluding hydrogens is 160 g/mol. The zero-order valence-corrected chi connectivity index (χ0v) is 8.40. The van der Waals surface area contributed by atoms with Crippen LogP contribution in [0.3, 0.4) is 0 Å². The molecule has 0 aliphatic heterocycles. The zero-order chi connectivity index (χ0) is 9.36. The van der Waals surface area contributed by atoms with Crippen molar-refractivity contribution in [1.82, 2.24) is 5.32 Å². The van der Waals surface area contributed by atoms with E-state index in [0.717, 1.165) is 13.0 Å². The third-order valence-electron chi connectivity index (χ3n) is 3.76. The van der Waals surface area contributed by atoms with E-state index in [1.807, 2.05) is 0 Å². The maximum atomic E-state index is 8.66. The van der Waals surface area contributed by atoms with Crippen LogP contribution in [-0.2, 0) is 0 Å². The van der Waals surface area contributed by atoms with E-state index < -0.39 is 0 Å². The van der Waals surface area contributed by atoms with Crippen LogP contribution in [0, 0.1) is 16.7 Å². The van der Waals surface area contributed by atoms with Crippen molar-refractivity contribution in [2.24, 2.45) is 5.41 Å². The molecule has 0 spiro atoms. The van der Waals surface area contributed by atoms with E-state index in [2.05, 4.69) is 18.3 Å². The molecule has 72 valence electrons. The second-order valence-electron chi connectivity index (χ2n) is 5.10. The molecule has 0 aromatic heterocycles. The van der Waals surface area contributed by atoms with Crippen molar-refractivity contribution in [2.75, 3.05) is 6.54 Å². The van der Waals surface area contributed by atoms with Crippen molar-refractivity contribution >= 4 is 0 Å². The lowest BCUT2D eigenvalue weighted by molar-refractivity contribution is 0.194. The highest BCUT2D eigenvalue weighted by Crippen LogP contribution is 2.48. The second kappa shape index (κ2) is 2.99. The molecule has 0 heterocycles. The number of nitrogens with zero attached hydrogens (tertiary/aromatic N) is 1. The predicted molar refractivity (Wildman–Crippen MR) is 52.2 cm³/mol. The molecule has 0 aromatic rings. The normalized spacial score (nSPS) is 27.4. The number of nitriles is 1. The molecular formula is C11H18N2. The Morgan fingerprint density at radius 2 is 2.00 bits per heavy atom. The van der Waals surface area contributed by atoms with Crippen molar-refractivity contribution in [3.63, 3.8) is 0 Å². The molecule has 2 nitrogen and oxygen atoms in total. The van der Waals surface area contributed by atoms with Crippen molar-refractivity contribution in [3.05, 3.63) is 0 Å². The van der Waals surface area contributed by atoms with Crippen LogP contribution in [0.4, 0.5) is 0 Å². The minimum Gasteiger partial charge on any atom is -0.311 e. The molecule has 2 fully saturated rings. The van der Waals surface area contributed by atoms with Gasteiger partial charge in [0.25, 0.3) is 0 Å². The first-order valence-corrected chi connectivity index (χ1v) is 5.30. The third-order valence-corrected chi connectivity index (χ3v) is 3.76. The van der Waals surface area contributed by atoms with Crippen molar-refractivity contribution in [3.8, 4) is 6.07 Å². The first-order chi connectivity index (χ1) is 6.18. The summed E-state index contributed by atoms with van der Waals surface area (Å²) >= 11 is 0. The van der Waals surface area contributed by atoms with Gasteiger partial charge in [0.1, 0.15) is 0 Å². The van der Waals surface area contributed by atoms with Crippen molar-refractivity contribution in [2.45, 2.75) is 51.0 Å². The lowest BCUT2D eigenvalue weighted by Crippen LogP contribution is -2.50. The number of rotatable bonds is 4. The summed E-state index contributed by atoms with van der Waals surface area (Å²) in [7, 11) is 0. The van der Waals surface area contributed by atoms with E-state index in [1.54, 1.807) is 0 Å². The van der Waals surface area contributed by atoms with Gasteiger partial charge in [-0.15, -0.1) is 0 Å². The Morgan fingerprint density at radius 1 is 1.31 bits per heavy atom. The lowest BCUT2D eigenvalue weighted by Gasteiger charge is -2.40. The molecule has 2 saturated carbocycles. The first kappa shape index (κ1) is 9.02. The summed E-state index contributed by atoms with van der Waals surface area (Å²) < 4.78 is 0. The van der Waals surface area contributed by atoms with Crippen LogP contribution in [0.2, 0.25) is 0 Å². The Hall–Kier alpha value is -0.550. The molecule has 2 heteroatoms. The molecule has 2 aliphatic rings. The van der Waals surface area contributed by atoms with Gasteiger partial charge in [-0.05, 0) is 44.4 Å². The van der Waals surface area contributed by atoms with Gasteiger partial charge in [0.15, 0.2) is 0 Å². The fourth-order valence-electron chi connectivity index (χ4n) is 2.05. The van der Waals surface area contributed by atoms with E-state index in [9.17, 15) is 0 Å². The van der Waals surface area contributed by atoms with Crippen molar-refractivity contribution < 1.29 is 0 Å². The van der Waals surface area contributed by atoms with Gasteiger partial charge in [0.05, 0.1) is 6.07 Å². The van der Waals surface area contributed by atoms with Crippen LogP contribution in [0.1, 0.15) is 45.4 Å². The van der Waals surface area contributed by atoms with Crippen LogP contribution < -0.4 is 5.32 Å². The Balaban J connectivity index is 1.76. The smallest absolute Gasteiger partial charge is 0.0628 e. The standard InChI is InChI=1S/C11H18N2/c1-10(3-2-4-10)13-9-11(5-6-11)7-8-12/h13H,2-7,9H2,1H3. The van der Waals surface area contributed by atoms with Gasteiger partial charge in [0, 0.05) is 18.5 Å². The van der Waals surface area contributed by atoms with Crippen molar-refractivity contribution in [1.29, 1.82) is 5.26 Å². The van der Waals surface area contributed by atoms with E-state index >= 15 is 0 Å². The Labute approximate surface area is 80.3 Å². The van der Waals surface area contributed by atoms with Gasteiger partial charge < -0.3 is 5.32 Å². The van der Waals surface area contributed by atoms with Gasteiger partial charge in [-0.25, -0.2) is 0 Å².